The van der Waals surface area contributed by atoms with E-state index in [2.05, 4.69) is 20.1 Å². The Morgan fingerprint density at radius 3 is 3.07 bits per heavy atom. The Labute approximate surface area is 85.8 Å². The van der Waals surface area contributed by atoms with Crippen molar-refractivity contribution in [1.29, 1.82) is 0 Å². The van der Waals surface area contributed by atoms with Crippen molar-refractivity contribution in [2.45, 2.75) is 0 Å². The molecule has 0 fully saturated rings. The van der Waals surface area contributed by atoms with Crippen molar-refractivity contribution in [1.82, 2.24) is 24.7 Å². The van der Waals surface area contributed by atoms with Crippen LogP contribution in [0.2, 0.25) is 0 Å². The molecule has 0 saturated heterocycles. The highest BCUT2D eigenvalue weighted by atomic mass is 15.2. The van der Waals surface area contributed by atoms with Crippen LogP contribution in [0, 0.1) is 0 Å². The van der Waals surface area contributed by atoms with Gasteiger partial charge >= 0.3 is 0 Å². The van der Waals surface area contributed by atoms with Crippen molar-refractivity contribution in [2.24, 2.45) is 7.05 Å². The summed E-state index contributed by atoms with van der Waals surface area (Å²) < 4.78 is 1.76. The van der Waals surface area contributed by atoms with Gasteiger partial charge in [-0.3, -0.25) is 4.68 Å². The predicted molar refractivity (Wildman–Crippen MR) is 56.1 cm³/mol. The maximum absolute atomic E-state index is 4.28. The molecule has 3 aromatic rings. The Morgan fingerprint density at radius 1 is 1.33 bits per heavy atom. The highest BCUT2D eigenvalue weighted by molar-refractivity contribution is 5.89. The van der Waals surface area contributed by atoms with Crippen molar-refractivity contribution < 1.29 is 0 Å². The van der Waals surface area contributed by atoms with E-state index in [1.165, 1.54) is 0 Å². The average molecular weight is 199 g/mol. The number of hydrogen-bond acceptors (Lipinski definition) is 3. The molecule has 3 rings (SSSR count). The molecule has 0 unspecified atom stereocenters. The third-order valence-electron chi connectivity index (χ3n) is 2.33. The first-order valence-corrected chi connectivity index (χ1v) is 4.62. The van der Waals surface area contributed by atoms with E-state index < -0.39 is 0 Å². The zero-order chi connectivity index (χ0) is 10.3. The Hall–Kier alpha value is -2.17. The van der Waals surface area contributed by atoms with Gasteiger partial charge in [-0.1, -0.05) is 0 Å². The van der Waals surface area contributed by atoms with E-state index in [4.69, 9.17) is 0 Å². The second-order valence-corrected chi connectivity index (χ2v) is 3.36. The lowest BCUT2D eigenvalue weighted by Crippen LogP contribution is -1.86. The summed E-state index contributed by atoms with van der Waals surface area (Å²) in [5, 5.41) is 5.15. The van der Waals surface area contributed by atoms with Gasteiger partial charge in [0.25, 0.3) is 0 Å². The molecule has 1 N–H and O–H groups in total. The Bertz CT molecular complexity index is 607. The van der Waals surface area contributed by atoms with Gasteiger partial charge in [0.15, 0.2) is 0 Å². The molecule has 3 heterocycles. The van der Waals surface area contributed by atoms with Gasteiger partial charge in [-0.15, -0.1) is 0 Å². The van der Waals surface area contributed by atoms with Crippen molar-refractivity contribution in [3.05, 3.63) is 31.0 Å². The minimum Gasteiger partial charge on any atom is -0.346 e. The lowest BCUT2D eigenvalue weighted by molar-refractivity contribution is 0.768. The maximum Gasteiger partial charge on any atom is 0.141 e. The van der Waals surface area contributed by atoms with Crippen LogP contribution in [0.25, 0.3) is 22.3 Å². The molecule has 0 saturated carbocycles. The van der Waals surface area contributed by atoms with Gasteiger partial charge in [0, 0.05) is 30.4 Å². The van der Waals surface area contributed by atoms with E-state index in [0.717, 1.165) is 22.3 Å². The topological polar surface area (TPSA) is 59.4 Å². The number of rotatable bonds is 1. The van der Waals surface area contributed by atoms with E-state index in [1.807, 2.05) is 25.5 Å². The van der Waals surface area contributed by atoms with Crippen LogP contribution in [0.4, 0.5) is 0 Å². The third kappa shape index (κ3) is 1.20. The molecular weight excluding hydrogens is 190 g/mol. The minimum atomic E-state index is 0.851. The lowest BCUT2D eigenvalue weighted by Gasteiger charge is -1.96. The van der Waals surface area contributed by atoms with Crippen LogP contribution >= 0.6 is 0 Å². The number of aryl methyl sites for hydroxylation is 1. The molecule has 5 nitrogen and oxygen atoms in total. The summed E-state index contributed by atoms with van der Waals surface area (Å²) in [5.74, 6) is 0. The Morgan fingerprint density at radius 2 is 2.27 bits per heavy atom. The molecule has 0 amide bonds. The van der Waals surface area contributed by atoms with Crippen LogP contribution in [0.15, 0.2) is 31.0 Å². The average Bonchev–Trinajstić information content (AvgIpc) is 2.84. The SMILES string of the molecule is Cn1cc(-c2ncnc3[nH]ccc23)cn1. The van der Waals surface area contributed by atoms with Crippen molar-refractivity contribution in [3.63, 3.8) is 0 Å². The number of fused-ring (bicyclic) bond motifs is 1. The van der Waals surface area contributed by atoms with Gasteiger partial charge in [0.1, 0.15) is 12.0 Å². The maximum atomic E-state index is 4.28. The summed E-state index contributed by atoms with van der Waals surface area (Å²) in [5.41, 5.74) is 2.77. The summed E-state index contributed by atoms with van der Waals surface area (Å²) in [6.07, 6.45) is 7.16. The van der Waals surface area contributed by atoms with Gasteiger partial charge in [-0.05, 0) is 6.07 Å². The summed E-state index contributed by atoms with van der Waals surface area (Å²) in [6.45, 7) is 0. The van der Waals surface area contributed by atoms with Crippen molar-refractivity contribution in [2.75, 3.05) is 0 Å². The fourth-order valence-corrected chi connectivity index (χ4v) is 1.65. The van der Waals surface area contributed by atoms with Crippen molar-refractivity contribution in [3.8, 4) is 11.3 Å². The van der Waals surface area contributed by atoms with Crippen LogP contribution in [-0.2, 0) is 7.05 Å². The second kappa shape index (κ2) is 2.91. The van der Waals surface area contributed by atoms with Gasteiger partial charge in [0.05, 0.1) is 11.9 Å². The van der Waals surface area contributed by atoms with Crippen LogP contribution < -0.4 is 0 Å². The summed E-state index contributed by atoms with van der Waals surface area (Å²) >= 11 is 0. The number of nitrogens with one attached hydrogen (secondary N) is 1. The molecule has 0 aromatic carbocycles. The second-order valence-electron chi connectivity index (χ2n) is 3.36. The molecule has 15 heavy (non-hydrogen) atoms. The number of aromatic amines is 1. The highest BCUT2D eigenvalue weighted by Gasteiger charge is 2.07. The molecule has 0 aliphatic carbocycles. The predicted octanol–water partition coefficient (Wildman–Crippen LogP) is 1.36. The first-order chi connectivity index (χ1) is 7.34. The summed E-state index contributed by atoms with van der Waals surface area (Å²) in [6, 6.07) is 1.97. The van der Waals surface area contributed by atoms with Crippen LogP contribution in [-0.4, -0.2) is 24.7 Å². The van der Waals surface area contributed by atoms with Crippen LogP contribution in [0.1, 0.15) is 0 Å². The largest absolute Gasteiger partial charge is 0.346 e. The molecule has 0 bridgehead atoms. The summed E-state index contributed by atoms with van der Waals surface area (Å²) in [4.78, 5) is 11.5. The lowest BCUT2D eigenvalue weighted by atomic mass is 10.2. The molecule has 0 spiro atoms. The smallest absolute Gasteiger partial charge is 0.141 e. The van der Waals surface area contributed by atoms with Crippen LogP contribution in [0.5, 0.6) is 0 Å². The standard InChI is InChI=1S/C10H9N5/c1-15-5-7(4-14-15)9-8-2-3-11-10(8)13-6-12-9/h2-6H,1H3,(H,11,12,13). The van der Waals surface area contributed by atoms with Crippen LogP contribution in [0.3, 0.4) is 0 Å². The van der Waals surface area contributed by atoms with E-state index in [0.29, 0.717) is 0 Å². The van der Waals surface area contributed by atoms with Gasteiger partial charge in [-0.2, -0.15) is 5.10 Å². The van der Waals surface area contributed by atoms with Gasteiger partial charge in [0.2, 0.25) is 0 Å². The van der Waals surface area contributed by atoms with E-state index >= 15 is 0 Å². The molecule has 0 aliphatic rings. The molecular formula is C10H9N5. The highest BCUT2D eigenvalue weighted by Crippen LogP contribution is 2.23. The summed E-state index contributed by atoms with van der Waals surface area (Å²) in [7, 11) is 1.89. The number of hydrogen-bond donors (Lipinski definition) is 1. The number of aromatic nitrogens is 5. The first-order valence-electron chi connectivity index (χ1n) is 4.62. The monoisotopic (exact) mass is 199 g/mol. The molecule has 74 valence electrons. The third-order valence-corrected chi connectivity index (χ3v) is 2.33. The molecule has 0 atom stereocenters. The Kier molecular flexibility index (Phi) is 1.58. The minimum absolute atomic E-state index is 0.851. The Balaban J connectivity index is 2.30. The molecule has 3 aromatic heterocycles. The van der Waals surface area contributed by atoms with Gasteiger partial charge < -0.3 is 4.98 Å². The molecule has 0 aliphatic heterocycles. The zero-order valence-corrected chi connectivity index (χ0v) is 8.18. The quantitative estimate of drug-likeness (QED) is 0.643. The molecule has 5 heteroatoms. The number of nitrogens with zero attached hydrogens (tertiary/aromatic N) is 4. The zero-order valence-electron chi connectivity index (χ0n) is 8.18. The number of H-pyrrole nitrogens is 1. The fourth-order valence-electron chi connectivity index (χ4n) is 1.65. The van der Waals surface area contributed by atoms with E-state index in [9.17, 15) is 0 Å². The van der Waals surface area contributed by atoms with Crippen molar-refractivity contribution >= 4 is 11.0 Å². The first kappa shape index (κ1) is 8.16. The molecule has 0 radical (unpaired) electrons. The fraction of sp³-hybridized carbons (Fsp3) is 0.100. The normalized spacial score (nSPS) is 11.0. The van der Waals surface area contributed by atoms with E-state index in [-0.39, 0.29) is 0 Å². The van der Waals surface area contributed by atoms with Gasteiger partial charge in [-0.25, -0.2) is 9.97 Å². The van der Waals surface area contributed by atoms with E-state index in [1.54, 1.807) is 17.2 Å².